The van der Waals surface area contributed by atoms with Crippen LogP contribution in [-0.2, 0) is 6.61 Å². The van der Waals surface area contributed by atoms with Crippen LogP contribution in [0.25, 0.3) is 5.57 Å². The first-order valence-electron chi connectivity index (χ1n) is 7.50. The molecule has 2 aromatic rings. The maximum atomic E-state index is 5.84. The highest BCUT2D eigenvalue weighted by Gasteiger charge is 2.05. The van der Waals surface area contributed by atoms with Crippen LogP contribution < -0.4 is 10.1 Å². The minimum atomic E-state index is 0.617. The molecular formula is C19H21NO. The predicted molar refractivity (Wildman–Crippen MR) is 87.4 cm³/mol. The molecule has 1 aliphatic rings. The summed E-state index contributed by atoms with van der Waals surface area (Å²) < 4.78 is 5.84. The Morgan fingerprint density at radius 2 is 1.76 bits per heavy atom. The van der Waals surface area contributed by atoms with E-state index in [0.29, 0.717) is 6.61 Å². The molecule has 0 amide bonds. The van der Waals surface area contributed by atoms with Crippen molar-refractivity contribution in [2.45, 2.75) is 20.0 Å². The van der Waals surface area contributed by atoms with Gasteiger partial charge in [0.05, 0.1) is 0 Å². The average molecular weight is 279 g/mol. The summed E-state index contributed by atoms with van der Waals surface area (Å²) in [6, 6.07) is 16.9. The van der Waals surface area contributed by atoms with Gasteiger partial charge in [-0.3, -0.25) is 0 Å². The minimum Gasteiger partial charge on any atom is -0.489 e. The normalized spacial score (nSPS) is 14.6. The third-order valence-corrected chi connectivity index (χ3v) is 3.82. The van der Waals surface area contributed by atoms with Crippen LogP contribution in [0.1, 0.15) is 23.1 Å². The van der Waals surface area contributed by atoms with E-state index >= 15 is 0 Å². The monoisotopic (exact) mass is 279 g/mol. The van der Waals surface area contributed by atoms with Gasteiger partial charge in [-0.25, -0.2) is 0 Å². The Balaban J connectivity index is 1.61. The van der Waals surface area contributed by atoms with Gasteiger partial charge < -0.3 is 10.1 Å². The molecule has 2 aromatic carbocycles. The second kappa shape index (κ2) is 6.59. The van der Waals surface area contributed by atoms with E-state index in [-0.39, 0.29) is 0 Å². The van der Waals surface area contributed by atoms with Gasteiger partial charge in [-0.05, 0) is 48.7 Å². The molecule has 1 aliphatic heterocycles. The van der Waals surface area contributed by atoms with Crippen molar-refractivity contribution in [3.05, 3.63) is 71.3 Å². The van der Waals surface area contributed by atoms with Crippen molar-refractivity contribution in [3.8, 4) is 5.75 Å². The van der Waals surface area contributed by atoms with Crippen molar-refractivity contribution in [1.29, 1.82) is 0 Å². The lowest BCUT2D eigenvalue weighted by atomic mass is 10.0. The maximum absolute atomic E-state index is 5.84. The molecule has 0 saturated heterocycles. The summed E-state index contributed by atoms with van der Waals surface area (Å²) in [7, 11) is 0. The first kappa shape index (κ1) is 13.9. The quantitative estimate of drug-likeness (QED) is 0.915. The number of aryl methyl sites for hydroxylation is 1. The minimum absolute atomic E-state index is 0.617. The molecule has 0 aliphatic carbocycles. The summed E-state index contributed by atoms with van der Waals surface area (Å²) in [6.07, 6.45) is 3.37. The SMILES string of the molecule is Cc1ccc(COc2ccc(C3=CCNCC3)cc2)cc1. The zero-order valence-electron chi connectivity index (χ0n) is 12.4. The van der Waals surface area contributed by atoms with Crippen molar-refractivity contribution in [2.24, 2.45) is 0 Å². The van der Waals surface area contributed by atoms with Gasteiger partial charge in [0.2, 0.25) is 0 Å². The van der Waals surface area contributed by atoms with Gasteiger partial charge in [-0.2, -0.15) is 0 Å². The average Bonchev–Trinajstić information content (AvgIpc) is 2.56. The van der Waals surface area contributed by atoms with E-state index in [4.69, 9.17) is 4.74 Å². The van der Waals surface area contributed by atoms with Crippen molar-refractivity contribution in [3.63, 3.8) is 0 Å². The zero-order valence-corrected chi connectivity index (χ0v) is 12.4. The van der Waals surface area contributed by atoms with Gasteiger partial charge in [0.15, 0.2) is 0 Å². The van der Waals surface area contributed by atoms with Crippen LogP contribution in [-0.4, -0.2) is 13.1 Å². The van der Waals surface area contributed by atoms with E-state index in [2.05, 4.69) is 66.8 Å². The summed E-state index contributed by atoms with van der Waals surface area (Å²) in [5.41, 5.74) is 5.21. The van der Waals surface area contributed by atoms with Gasteiger partial charge in [0, 0.05) is 6.54 Å². The fourth-order valence-electron chi connectivity index (χ4n) is 2.50. The highest BCUT2D eigenvalue weighted by atomic mass is 16.5. The topological polar surface area (TPSA) is 21.3 Å². The molecule has 0 unspecified atom stereocenters. The molecule has 0 bridgehead atoms. The Morgan fingerprint density at radius 3 is 2.43 bits per heavy atom. The Kier molecular flexibility index (Phi) is 4.37. The summed E-state index contributed by atoms with van der Waals surface area (Å²) in [5, 5.41) is 3.34. The van der Waals surface area contributed by atoms with E-state index < -0.39 is 0 Å². The Bertz CT molecular complexity index is 611. The van der Waals surface area contributed by atoms with Gasteiger partial charge in [0.25, 0.3) is 0 Å². The van der Waals surface area contributed by atoms with Crippen molar-refractivity contribution in [1.82, 2.24) is 5.32 Å². The summed E-state index contributed by atoms with van der Waals surface area (Å²) in [6.45, 7) is 4.75. The Hall–Kier alpha value is -2.06. The second-order valence-corrected chi connectivity index (χ2v) is 5.48. The summed E-state index contributed by atoms with van der Waals surface area (Å²) >= 11 is 0. The van der Waals surface area contributed by atoms with E-state index in [1.54, 1.807) is 0 Å². The van der Waals surface area contributed by atoms with Gasteiger partial charge in [-0.15, -0.1) is 0 Å². The molecule has 1 N–H and O–H groups in total. The standard InChI is InChI=1S/C19H21NO/c1-15-2-4-16(5-3-15)14-21-19-8-6-17(7-9-19)18-10-12-20-13-11-18/h2-10,20H,11-14H2,1H3. The van der Waals surface area contributed by atoms with E-state index in [9.17, 15) is 0 Å². The molecule has 0 fully saturated rings. The van der Waals surface area contributed by atoms with Crippen molar-refractivity contribution in [2.75, 3.05) is 13.1 Å². The largest absolute Gasteiger partial charge is 0.489 e. The van der Waals surface area contributed by atoms with Crippen LogP contribution in [0, 0.1) is 6.92 Å². The second-order valence-electron chi connectivity index (χ2n) is 5.48. The molecule has 0 atom stereocenters. The number of rotatable bonds is 4. The molecule has 0 aromatic heterocycles. The Morgan fingerprint density at radius 1 is 1.00 bits per heavy atom. The van der Waals surface area contributed by atoms with Gasteiger partial charge >= 0.3 is 0 Å². The first-order valence-corrected chi connectivity index (χ1v) is 7.50. The smallest absolute Gasteiger partial charge is 0.119 e. The van der Waals surface area contributed by atoms with Crippen LogP contribution in [0.3, 0.4) is 0 Å². The van der Waals surface area contributed by atoms with Crippen LogP contribution in [0.15, 0.2) is 54.6 Å². The highest BCUT2D eigenvalue weighted by Crippen LogP contribution is 2.22. The third-order valence-electron chi connectivity index (χ3n) is 3.82. The van der Waals surface area contributed by atoms with Gasteiger partial charge in [0.1, 0.15) is 12.4 Å². The summed E-state index contributed by atoms with van der Waals surface area (Å²) in [5.74, 6) is 0.925. The number of hydrogen-bond donors (Lipinski definition) is 1. The van der Waals surface area contributed by atoms with Crippen LogP contribution >= 0.6 is 0 Å². The molecule has 21 heavy (non-hydrogen) atoms. The fraction of sp³-hybridized carbons (Fsp3) is 0.263. The van der Waals surface area contributed by atoms with Crippen molar-refractivity contribution >= 4 is 5.57 Å². The lowest BCUT2D eigenvalue weighted by Gasteiger charge is -2.14. The molecule has 0 saturated carbocycles. The number of hydrogen-bond acceptors (Lipinski definition) is 2. The molecule has 3 rings (SSSR count). The summed E-state index contributed by atoms with van der Waals surface area (Å²) in [4.78, 5) is 0. The molecule has 0 radical (unpaired) electrons. The predicted octanol–water partition coefficient (Wildman–Crippen LogP) is 3.95. The van der Waals surface area contributed by atoms with Crippen LogP contribution in [0.5, 0.6) is 5.75 Å². The molecule has 1 heterocycles. The van der Waals surface area contributed by atoms with Crippen LogP contribution in [0.2, 0.25) is 0 Å². The van der Waals surface area contributed by atoms with Crippen LogP contribution in [0.4, 0.5) is 0 Å². The van der Waals surface area contributed by atoms with E-state index in [0.717, 1.165) is 25.3 Å². The maximum Gasteiger partial charge on any atom is 0.119 e. The van der Waals surface area contributed by atoms with E-state index in [1.165, 1.54) is 22.3 Å². The lowest BCUT2D eigenvalue weighted by Crippen LogP contribution is -2.19. The number of benzene rings is 2. The lowest BCUT2D eigenvalue weighted by molar-refractivity contribution is 0.306. The first-order chi connectivity index (χ1) is 10.3. The van der Waals surface area contributed by atoms with Crippen molar-refractivity contribution < 1.29 is 4.74 Å². The molecule has 2 nitrogen and oxygen atoms in total. The van der Waals surface area contributed by atoms with Gasteiger partial charge in [-0.1, -0.05) is 48.0 Å². The fourth-order valence-corrected chi connectivity index (χ4v) is 2.50. The number of ether oxygens (including phenoxy) is 1. The van der Waals surface area contributed by atoms with E-state index in [1.807, 2.05) is 0 Å². The third kappa shape index (κ3) is 3.73. The molecule has 0 spiro atoms. The number of nitrogens with one attached hydrogen (secondary N) is 1. The molecular weight excluding hydrogens is 258 g/mol. The molecule has 2 heteroatoms. The Labute approximate surface area is 126 Å². The molecule has 108 valence electrons. The highest BCUT2D eigenvalue weighted by molar-refractivity contribution is 5.67. The zero-order chi connectivity index (χ0) is 14.5.